The molecule has 9 heteroatoms. The van der Waals surface area contributed by atoms with Crippen molar-refractivity contribution < 1.29 is 18.0 Å². The number of aromatic nitrogens is 2. The highest BCUT2D eigenvalue weighted by molar-refractivity contribution is 5.76. The van der Waals surface area contributed by atoms with Crippen LogP contribution in [0.2, 0.25) is 0 Å². The number of nitrogen functional groups attached to an aromatic ring is 1. The Balaban J connectivity index is 2.52. The number of hydrogen-bond acceptors (Lipinski definition) is 5. The van der Waals surface area contributed by atoms with Crippen molar-refractivity contribution >= 4 is 17.5 Å². The van der Waals surface area contributed by atoms with Gasteiger partial charge >= 0.3 is 6.18 Å². The van der Waals surface area contributed by atoms with E-state index in [1.165, 1.54) is 6.07 Å². The van der Waals surface area contributed by atoms with Crippen LogP contribution < -0.4 is 16.4 Å². The number of halogens is 3. The van der Waals surface area contributed by atoms with E-state index in [1.54, 1.807) is 0 Å². The standard InChI is InChI=1S/C12H18F3N5O/c1-7(2)6-18-10(21)3-4-17-9-5-8(16)19-11(20-9)12(13,14)15/h5,7H,3-4,6H2,1-2H3,(H,18,21)(H3,16,17,19,20). The number of nitrogens with two attached hydrogens (primary N) is 1. The number of anilines is 2. The fraction of sp³-hybridized carbons (Fsp3) is 0.583. The molecule has 0 saturated heterocycles. The second-order valence-corrected chi connectivity index (χ2v) is 4.87. The molecule has 6 nitrogen and oxygen atoms in total. The quantitative estimate of drug-likeness (QED) is 0.743. The van der Waals surface area contributed by atoms with Crippen molar-refractivity contribution in [3.8, 4) is 0 Å². The van der Waals surface area contributed by atoms with Gasteiger partial charge in [-0.25, -0.2) is 9.97 Å². The lowest BCUT2D eigenvalue weighted by molar-refractivity contribution is -0.144. The maximum absolute atomic E-state index is 12.5. The lowest BCUT2D eigenvalue weighted by Crippen LogP contribution is -2.28. The average Bonchev–Trinajstić information content (AvgIpc) is 2.34. The van der Waals surface area contributed by atoms with Crippen molar-refractivity contribution in [1.82, 2.24) is 15.3 Å². The van der Waals surface area contributed by atoms with E-state index in [9.17, 15) is 18.0 Å². The fourth-order valence-electron chi connectivity index (χ4n) is 1.39. The molecule has 0 aliphatic rings. The summed E-state index contributed by atoms with van der Waals surface area (Å²) in [6.45, 7) is 4.62. The molecule has 0 unspecified atom stereocenters. The zero-order valence-electron chi connectivity index (χ0n) is 11.8. The molecule has 118 valence electrons. The zero-order chi connectivity index (χ0) is 16.0. The van der Waals surface area contributed by atoms with Gasteiger partial charge in [0.25, 0.3) is 0 Å². The number of nitrogens with one attached hydrogen (secondary N) is 2. The van der Waals surface area contributed by atoms with Gasteiger partial charge in [-0.05, 0) is 5.92 Å². The van der Waals surface area contributed by atoms with Crippen molar-refractivity contribution in [3.63, 3.8) is 0 Å². The van der Waals surface area contributed by atoms with E-state index in [4.69, 9.17) is 5.73 Å². The number of nitrogens with zero attached hydrogens (tertiary/aromatic N) is 2. The van der Waals surface area contributed by atoms with Crippen LogP contribution in [0.25, 0.3) is 0 Å². The monoisotopic (exact) mass is 305 g/mol. The number of carbonyl (C=O) groups is 1. The summed E-state index contributed by atoms with van der Waals surface area (Å²) in [5, 5.41) is 5.32. The molecule has 0 aromatic carbocycles. The summed E-state index contributed by atoms with van der Waals surface area (Å²) in [6.07, 6.45) is -4.54. The highest BCUT2D eigenvalue weighted by Crippen LogP contribution is 2.27. The number of rotatable bonds is 6. The van der Waals surface area contributed by atoms with Gasteiger partial charge in [-0.3, -0.25) is 4.79 Å². The summed E-state index contributed by atoms with van der Waals surface area (Å²) in [6, 6.07) is 1.18. The molecule has 0 aliphatic carbocycles. The minimum atomic E-state index is -4.67. The van der Waals surface area contributed by atoms with Gasteiger partial charge in [0.1, 0.15) is 11.6 Å². The van der Waals surface area contributed by atoms with Crippen molar-refractivity contribution in [3.05, 3.63) is 11.9 Å². The first-order chi connectivity index (χ1) is 9.68. The highest BCUT2D eigenvalue weighted by Gasteiger charge is 2.35. The summed E-state index contributed by atoms with van der Waals surface area (Å²) in [5.41, 5.74) is 5.30. The molecule has 1 rings (SSSR count). The van der Waals surface area contributed by atoms with Gasteiger partial charge in [0.2, 0.25) is 11.7 Å². The Morgan fingerprint density at radius 3 is 2.62 bits per heavy atom. The van der Waals surface area contributed by atoms with Crippen molar-refractivity contribution in [2.75, 3.05) is 24.1 Å². The largest absolute Gasteiger partial charge is 0.451 e. The zero-order valence-corrected chi connectivity index (χ0v) is 11.8. The molecule has 0 aliphatic heterocycles. The summed E-state index contributed by atoms with van der Waals surface area (Å²) in [4.78, 5) is 17.9. The summed E-state index contributed by atoms with van der Waals surface area (Å²) in [5.74, 6) is -1.52. The molecule has 1 aromatic rings. The molecule has 1 amide bonds. The summed E-state index contributed by atoms with van der Waals surface area (Å²) in [7, 11) is 0. The van der Waals surface area contributed by atoms with Crippen molar-refractivity contribution in [2.45, 2.75) is 26.4 Å². The van der Waals surface area contributed by atoms with Gasteiger partial charge in [0, 0.05) is 25.6 Å². The molecule has 0 bridgehead atoms. The summed E-state index contributed by atoms with van der Waals surface area (Å²) >= 11 is 0. The van der Waals surface area contributed by atoms with Gasteiger partial charge in [0.05, 0.1) is 0 Å². The molecule has 0 fully saturated rings. The molecule has 21 heavy (non-hydrogen) atoms. The minimum Gasteiger partial charge on any atom is -0.384 e. The Hall–Kier alpha value is -2.06. The topological polar surface area (TPSA) is 92.9 Å². The average molecular weight is 305 g/mol. The van der Waals surface area contributed by atoms with E-state index < -0.39 is 12.0 Å². The molecular formula is C12H18F3N5O. The van der Waals surface area contributed by atoms with Crippen LogP contribution in [0.4, 0.5) is 24.8 Å². The lowest BCUT2D eigenvalue weighted by Gasteiger charge is -2.10. The van der Waals surface area contributed by atoms with E-state index >= 15 is 0 Å². The lowest BCUT2D eigenvalue weighted by atomic mass is 10.2. The van der Waals surface area contributed by atoms with Crippen LogP contribution in [0.5, 0.6) is 0 Å². The third-order valence-electron chi connectivity index (χ3n) is 2.37. The molecule has 1 heterocycles. The third-order valence-corrected chi connectivity index (χ3v) is 2.37. The van der Waals surface area contributed by atoms with Crippen LogP contribution in [0.3, 0.4) is 0 Å². The van der Waals surface area contributed by atoms with Gasteiger partial charge in [-0.15, -0.1) is 0 Å². The first-order valence-corrected chi connectivity index (χ1v) is 6.41. The molecule has 1 aromatic heterocycles. The van der Waals surface area contributed by atoms with Gasteiger partial charge in [0.15, 0.2) is 0 Å². The van der Waals surface area contributed by atoms with Crippen molar-refractivity contribution in [2.24, 2.45) is 5.92 Å². The normalized spacial score (nSPS) is 11.5. The Bertz CT molecular complexity index is 490. The first kappa shape index (κ1) is 17.0. The van der Waals surface area contributed by atoms with E-state index in [-0.39, 0.29) is 30.5 Å². The van der Waals surface area contributed by atoms with Crippen LogP contribution in [-0.4, -0.2) is 29.0 Å². The molecule has 4 N–H and O–H groups in total. The van der Waals surface area contributed by atoms with Gasteiger partial charge in [-0.2, -0.15) is 13.2 Å². The maximum Gasteiger partial charge on any atom is 0.451 e. The maximum atomic E-state index is 12.5. The number of alkyl halides is 3. The number of carbonyl (C=O) groups excluding carboxylic acids is 1. The van der Waals surface area contributed by atoms with E-state index in [2.05, 4.69) is 20.6 Å². The van der Waals surface area contributed by atoms with Crippen LogP contribution in [0.1, 0.15) is 26.1 Å². The Labute approximate surface area is 120 Å². The van der Waals surface area contributed by atoms with E-state index in [0.29, 0.717) is 12.5 Å². The molecule has 0 atom stereocenters. The smallest absolute Gasteiger partial charge is 0.384 e. The predicted molar refractivity (Wildman–Crippen MR) is 72.4 cm³/mol. The Morgan fingerprint density at radius 1 is 1.38 bits per heavy atom. The highest BCUT2D eigenvalue weighted by atomic mass is 19.4. The third kappa shape index (κ3) is 6.28. The Kier molecular flexibility index (Phi) is 5.74. The number of hydrogen-bond donors (Lipinski definition) is 3. The molecule has 0 spiro atoms. The molecule has 0 saturated carbocycles. The van der Waals surface area contributed by atoms with Crippen LogP contribution in [0.15, 0.2) is 6.07 Å². The second kappa shape index (κ2) is 7.09. The SMILES string of the molecule is CC(C)CNC(=O)CCNc1cc(N)nc(C(F)(F)F)n1. The molecular weight excluding hydrogens is 287 g/mol. The predicted octanol–water partition coefficient (Wildman–Crippen LogP) is 1.65. The van der Waals surface area contributed by atoms with E-state index in [1.807, 2.05) is 13.8 Å². The van der Waals surface area contributed by atoms with Crippen LogP contribution >= 0.6 is 0 Å². The number of amides is 1. The van der Waals surface area contributed by atoms with Crippen LogP contribution in [-0.2, 0) is 11.0 Å². The van der Waals surface area contributed by atoms with Gasteiger partial charge < -0.3 is 16.4 Å². The molecule has 0 radical (unpaired) electrons. The van der Waals surface area contributed by atoms with E-state index in [0.717, 1.165) is 0 Å². The summed E-state index contributed by atoms with van der Waals surface area (Å²) < 4.78 is 37.5. The van der Waals surface area contributed by atoms with Crippen LogP contribution in [0, 0.1) is 5.92 Å². The Morgan fingerprint density at radius 2 is 2.05 bits per heavy atom. The minimum absolute atomic E-state index is 0.0634. The van der Waals surface area contributed by atoms with Crippen molar-refractivity contribution in [1.29, 1.82) is 0 Å². The van der Waals surface area contributed by atoms with Gasteiger partial charge in [-0.1, -0.05) is 13.8 Å². The first-order valence-electron chi connectivity index (χ1n) is 6.41. The fourth-order valence-corrected chi connectivity index (χ4v) is 1.39. The second-order valence-electron chi connectivity index (χ2n) is 4.87.